The van der Waals surface area contributed by atoms with E-state index in [-0.39, 0.29) is 9.80 Å². The first-order valence-electron chi connectivity index (χ1n) is 8.12. The van der Waals surface area contributed by atoms with E-state index >= 15 is 0 Å². The van der Waals surface area contributed by atoms with Crippen molar-refractivity contribution in [3.05, 3.63) is 65.1 Å². The molecule has 6 heteroatoms. The number of rotatable bonds is 8. The molecule has 2 aromatic rings. The molecule has 0 unspecified atom stereocenters. The van der Waals surface area contributed by atoms with Crippen LogP contribution in [-0.4, -0.2) is 33.3 Å². The number of benzene rings is 2. The Morgan fingerprint density at radius 1 is 1.12 bits per heavy atom. The summed E-state index contributed by atoms with van der Waals surface area (Å²) in [4.78, 5) is -0.172. The normalized spacial score (nSPS) is 12.0. The Morgan fingerprint density at radius 2 is 1.77 bits per heavy atom. The lowest BCUT2D eigenvalue weighted by Crippen LogP contribution is -2.07. The van der Waals surface area contributed by atoms with Crippen molar-refractivity contribution in [3.8, 4) is 11.8 Å². The van der Waals surface area contributed by atoms with Gasteiger partial charge in [0.15, 0.2) is 0 Å². The smallest absolute Gasteiger partial charge is 0.216 e. The van der Waals surface area contributed by atoms with Crippen LogP contribution in [0.1, 0.15) is 12.0 Å². The molecule has 0 saturated heterocycles. The Kier molecular flexibility index (Phi) is 7.31. The molecule has 0 aliphatic rings. The van der Waals surface area contributed by atoms with Crippen molar-refractivity contribution < 1.29 is 13.2 Å². The van der Waals surface area contributed by atoms with Crippen molar-refractivity contribution in [2.75, 3.05) is 24.9 Å². The number of hydrogen-bond acceptors (Lipinski definition) is 4. The Labute approximate surface area is 158 Å². The van der Waals surface area contributed by atoms with Gasteiger partial charge in [0, 0.05) is 6.42 Å². The van der Waals surface area contributed by atoms with Crippen LogP contribution in [0.3, 0.4) is 0 Å². The Balaban J connectivity index is 2.11. The summed E-state index contributed by atoms with van der Waals surface area (Å²) in [6.45, 7) is 0.659. The molecule has 136 valence electrons. The summed E-state index contributed by atoms with van der Waals surface area (Å²) in [6, 6.07) is 16.8. The topological polar surface area (TPSA) is 67.2 Å². The molecule has 0 amide bonds. The van der Waals surface area contributed by atoms with Gasteiger partial charge in [0.25, 0.3) is 0 Å². The van der Waals surface area contributed by atoms with Crippen molar-refractivity contribution in [1.29, 1.82) is 5.26 Å². The molecule has 2 aromatic carbocycles. The predicted molar refractivity (Wildman–Crippen MR) is 108 cm³/mol. The van der Waals surface area contributed by atoms with E-state index in [9.17, 15) is 13.7 Å². The fourth-order valence-corrected chi connectivity index (χ4v) is 4.12. The van der Waals surface area contributed by atoms with Crippen LogP contribution in [0.15, 0.2) is 64.4 Å². The number of nitriles is 1. The maximum atomic E-state index is 12.5. The minimum absolute atomic E-state index is 0.110. The van der Waals surface area contributed by atoms with Crippen LogP contribution in [0.2, 0.25) is 0 Å². The maximum Gasteiger partial charge on any atom is 0.216 e. The zero-order valence-electron chi connectivity index (χ0n) is 14.9. The third kappa shape index (κ3) is 5.65. The summed E-state index contributed by atoms with van der Waals surface area (Å²) in [6.07, 6.45) is 6.80. The third-order valence-electron chi connectivity index (χ3n) is 3.60. The van der Waals surface area contributed by atoms with Gasteiger partial charge in [-0.15, -0.1) is 0 Å². The van der Waals surface area contributed by atoms with Gasteiger partial charge < -0.3 is 4.74 Å². The molecule has 0 spiro atoms. The minimum atomic E-state index is -3.82. The van der Waals surface area contributed by atoms with Gasteiger partial charge in [0.1, 0.15) is 22.5 Å². The predicted octanol–water partition coefficient (Wildman–Crippen LogP) is 3.67. The van der Waals surface area contributed by atoms with Crippen molar-refractivity contribution in [3.63, 3.8) is 0 Å². The summed E-state index contributed by atoms with van der Waals surface area (Å²) in [5.41, 5.74) is 0.636. The van der Waals surface area contributed by atoms with Gasteiger partial charge in [-0.1, -0.05) is 30.3 Å². The lowest BCUT2D eigenvalue weighted by molar-refractivity contribution is 0.318. The summed E-state index contributed by atoms with van der Waals surface area (Å²) in [5.74, 6) is 1.88. The van der Waals surface area contributed by atoms with E-state index in [4.69, 9.17) is 4.74 Å². The zero-order valence-corrected chi connectivity index (χ0v) is 16.5. The first-order chi connectivity index (χ1) is 12.4. The molecule has 0 fully saturated rings. The Hall–Kier alpha value is -2.23. The van der Waals surface area contributed by atoms with Gasteiger partial charge in [-0.2, -0.15) is 5.26 Å². The molecule has 0 bridgehead atoms. The molecular weight excluding hydrogens is 366 g/mol. The quantitative estimate of drug-likeness (QED) is 0.393. The van der Waals surface area contributed by atoms with Crippen LogP contribution in [0.5, 0.6) is 5.75 Å². The van der Waals surface area contributed by atoms with Crippen molar-refractivity contribution in [1.82, 2.24) is 0 Å². The van der Waals surface area contributed by atoms with Gasteiger partial charge in [-0.05, 0) is 46.8 Å². The second-order valence-corrected chi connectivity index (χ2v) is 10.2. The van der Waals surface area contributed by atoms with E-state index in [2.05, 4.69) is 12.5 Å². The van der Waals surface area contributed by atoms with E-state index < -0.39 is 9.84 Å². The molecule has 0 aliphatic carbocycles. The molecule has 2 rings (SSSR count). The van der Waals surface area contributed by atoms with Crippen LogP contribution in [-0.2, 0) is 20.7 Å². The molecule has 0 heterocycles. The second kappa shape index (κ2) is 9.46. The minimum Gasteiger partial charge on any atom is -0.493 e. The molecule has 0 N–H and O–H groups in total. The Bertz CT molecular complexity index is 881. The second-order valence-electron chi connectivity index (χ2n) is 5.90. The third-order valence-corrected chi connectivity index (χ3v) is 6.38. The highest BCUT2D eigenvalue weighted by Gasteiger charge is 2.20. The highest BCUT2D eigenvalue weighted by molar-refractivity contribution is 7.95. The molecule has 0 aromatic heterocycles. The van der Waals surface area contributed by atoms with E-state index in [0.717, 1.165) is 17.9 Å². The number of sulfone groups is 1. The molecule has 4 nitrogen and oxygen atoms in total. The summed E-state index contributed by atoms with van der Waals surface area (Å²) >= 11 is 0. The number of hydrogen-bond donors (Lipinski definition) is 0. The van der Waals surface area contributed by atoms with Gasteiger partial charge in [-0.3, -0.25) is 0 Å². The summed E-state index contributed by atoms with van der Waals surface area (Å²) in [7, 11) is -3.40. The average Bonchev–Trinajstić information content (AvgIpc) is 2.64. The highest BCUT2D eigenvalue weighted by atomic mass is 32.2. The lowest BCUT2D eigenvalue weighted by atomic mass is 10.2. The van der Waals surface area contributed by atoms with Crippen LogP contribution >= 0.6 is 0 Å². The van der Waals surface area contributed by atoms with Gasteiger partial charge in [0.2, 0.25) is 9.84 Å². The van der Waals surface area contributed by atoms with Gasteiger partial charge in [0.05, 0.1) is 24.0 Å². The van der Waals surface area contributed by atoms with Crippen LogP contribution in [0.4, 0.5) is 0 Å². The molecule has 0 saturated carbocycles. The number of allylic oxidation sites excluding steroid dienone is 1. The van der Waals surface area contributed by atoms with Crippen LogP contribution in [0, 0.1) is 11.3 Å². The molecule has 0 atom stereocenters. The van der Waals surface area contributed by atoms with Crippen LogP contribution in [0.25, 0.3) is 6.08 Å². The molecule has 0 radical (unpaired) electrons. The maximum absolute atomic E-state index is 12.5. The SMILES string of the molecule is C[S+](C)CCCOc1ccc(/C=C(\C#N)S(=O)(=O)c2ccccc2)cc1. The first-order valence-corrected chi connectivity index (χ1v) is 11.8. The zero-order chi connectivity index (χ0) is 19.0. The monoisotopic (exact) mass is 388 g/mol. The standard InChI is InChI=1S/C20H22NO3S2/c1-25(2)14-6-13-24-18-11-9-17(10-12-18)15-20(16-21)26(22,23)19-7-4-3-5-8-19/h3-5,7-12,15H,6,13-14H2,1-2H3/q+1/b20-15+. The average molecular weight is 389 g/mol. The van der Waals surface area contributed by atoms with Crippen molar-refractivity contribution >= 4 is 26.8 Å². The number of ether oxygens (including phenoxy) is 1. The number of nitrogens with zero attached hydrogens (tertiary/aromatic N) is 1. The van der Waals surface area contributed by atoms with Gasteiger partial charge in [-0.25, -0.2) is 8.42 Å². The van der Waals surface area contributed by atoms with Crippen molar-refractivity contribution in [2.24, 2.45) is 0 Å². The molecular formula is C20H22NO3S2+. The molecule has 26 heavy (non-hydrogen) atoms. The van der Waals surface area contributed by atoms with Gasteiger partial charge >= 0.3 is 0 Å². The Morgan fingerprint density at radius 3 is 2.35 bits per heavy atom. The fourth-order valence-electron chi connectivity index (χ4n) is 2.25. The van der Waals surface area contributed by atoms with E-state index in [0.29, 0.717) is 23.1 Å². The largest absolute Gasteiger partial charge is 0.493 e. The van der Waals surface area contributed by atoms with E-state index in [1.165, 1.54) is 18.2 Å². The van der Waals surface area contributed by atoms with E-state index in [1.54, 1.807) is 48.5 Å². The van der Waals surface area contributed by atoms with E-state index in [1.807, 2.05) is 0 Å². The van der Waals surface area contributed by atoms with Crippen LogP contribution < -0.4 is 4.74 Å². The highest BCUT2D eigenvalue weighted by Crippen LogP contribution is 2.22. The lowest BCUT2D eigenvalue weighted by Gasteiger charge is -2.06. The summed E-state index contributed by atoms with van der Waals surface area (Å²) < 4.78 is 30.8. The van der Waals surface area contributed by atoms with Crippen molar-refractivity contribution in [2.45, 2.75) is 11.3 Å². The fraction of sp³-hybridized carbons (Fsp3) is 0.250. The molecule has 0 aliphatic heterocycles. The summed E-state index contributed by atoms with van der Waals surface area (Å²) in [5, 5.41) is 9.31. The first kappa shape index (κ1) is 20.1.